The van der Waals surface area contributed by atoms with E-state index in [-0.39, 0.29) is 0 Å². The molecule has 3 nitrogen and oxygen atoms in total. The molecule has 2 rings (SSSR count). The number of nitrogens with zero attached hydrogens (tertiary/aromatic N) is 1. The molecule has 2 unspecified atom stereocenters. The van der Waals surface area contributed by atoms with Crippen molar-refractivity contribution in [2.45, 2.75) is 76.8 Å². The molecule has 1 saturated heterocycles. The summed E-state index contributed by atoms with van der Waals surface area (Å²) in [5.41, 5.74) is 0. The number of unbranched alkanes of at least 4 members (excludes halogenated alkanes) is 1. The highest BCUT2D eigenvalue weighted by molar-refractivity contribution is 4.88. The van der Waals surface area contributed by atoms with Gasteiger partial charge in [-0.1, -0.05) is 32.6 Å². The van der Waals surface area contributed by atoms with E-state index in [1.54, 1.807) is 0 Å². The third kappa shape index (κ3) is 5.01. The van der Waals surface area contributed by atoms with Crippen LogP contribution in [-0.2, 0) is 0 Å². The third-order valence-corrected chi connectivity index (χ3v) is 5.14. The van der Waals surface area contributed by atoms with Crippen LogP contribution >= 0.6 is 0 Å². The van der Waals surface area contributed by atoms with E-state index >= 15 is 0 Å². The Morgan fingerprint density at radius 2 is 1.95 bits per heavy atom. The minimum Gasteiger partial charge on any atom is -0.396 e. The first kappa shape index (κ1) is 16.3. The average Bonchev–Trinajstić information content (AvgIpc) is 2.99. The Balaban J connectivity index is 1.83. The molecule has 0 bridgehead atoms. The monoisotopic (exact) mass is 282 g/mol. The summed E-state index contributed by atoms with van der Waals surface area (Å²) in [5.74, 6) is 0.885. The van der Waals surface area contributed by atoms with Crippen LogP contribution in [0.25, 0.3) is 0 Å². The van der Waals surface area contributed by atoms with Gasteiger partial charge in [0.2, 0.25) is 0 Å². The maximum Gasteiger partial charge on any atom is 0.0443 e. The van der Waals surface area contributed by atoms with Crippen LogP contribution in [0.3, 0.4) is 0 Å². The lowest BCUT2D eigenvalue weighted by atomic mass is 9.88. The van der Waals surface area contributed by atoms with E-state index in [1.807, 2.05) is 0 Å². The standard InChI is InChI=1S/C17H34N2O/c1-2-3-7-15-12-16(18-10-6-11-20)14-19(13-15)17-8-4-5-9-17/h15-18,20H,2-14H2,1H3. The van der Waals surface area contributed by atoms with Gasteiger partial charge in [-0.2, -0.15) is 0 Å². The molecule has 0 aromatic carbocycles. The molecule has 0 radical (unpaired) electrons. The number of piperidine rings is 1. The number of rotatable bonds is 8. The highest BCUT2D eigenvalue weighted by atomic mass is 16.3. The molecular formula is C17H34N2O. The average molecular weight is 282 g/mol. The van der Waals surface area contributed by atoms with E-state index in [1.165, 1.54) is 64.5 Å². The molecule has 0 amide bonds. The van der Waals surface area contributed by atoms with Crippen molar-refractivity contribution in [2.75, 3.05) is 26.2 Å². The number of nitrogens with one attached hydrogen (secondary N) is 1. The van der Waals surface area contributed by atoms with Gasteiger partial charge in [0.05, 0.1) is 0 Å². The summed E-state index contributed by atoms with van der Waals surface area (Å²) in [6.45, 7) is 6.15. The van der Waals surface area contributed by atoms with Crippen molar-refractivity contribution in [3.63, 3.8) is 0 Å². The fourth-order valence-electron chi connectivity index (χ4n) is 4.04. The topological polar surface area (TPSA) is 35.5 Å². The normalized spacial score (nSPS) is 29.1. The van der Waals surface area contributed by atoms with Gasteiger partial charge in [0, 0.05) is 31.8 Å². The van der Waals surface area contributed by atoms with Gasteiger partial charge >= 0.3 is 0 Å². The van der Waals surface area contributed by atoms with E-state index in [9.17, 15) is 0 Å². The van der Waals surface area contributed by atoms with Crippen molar-refractivity contribution in [3.05, 3.63) is 0 Å². The Morgan fingerprint density at radius 3 is 2.65 bits per heavy atom. The van der Waals surface area contributed by atoms with E-state index in [4.69, 9.17) is 5.11 Å². The van der Waals surface area contributed by atoms with Gasteiger partial charge in [0.25, 0.3) is 0 Å². The number of aliphatic hydroxyl groups excluding tert-OH is 1. The summed E-state index contributed by atoms with van der Waals surface area (Å²) in [6, 6.07) is 1.51. The van der Waals surface area contributed by atoms with Crippen LogP contribution in [0.2, 0.25) is 0 Å². The summed E-state index contributed by atoms with van der Waals surface area (Å²) >= 11 is 0. The number of hydrogen-bond donors (Lipinski definition) is 2. The summed E-state index contributed by atoms with van der Waals surface area (Å²) in [5, 5.41) is 12.6. The van der Waals surface area contributed by atoms with Crippen molar-refractivity contribution >= 4 is 0 Å². The Hall–Kier alpha value is -0.120. The summed E-state index contributed by atoms with van der Waals surface area (Å²) in [4.78, 5) is 2.79. The van der Waals surface area contributed by atoms with Gasteiger partial charge in [-0.15, -0.1) is 0 Å². The zero-order chi connectivity index (χ0) is 14.2. The predicted octanol–water partition coefficient (Wildman–Crippen LogP) is 2.78. The van der Waals surface area contributed by atoms with Gasteiger partial charge in [-0.25, -0.2) is 0 Å². The molecule has 2 atom stereocenters. The van der Waals surface area contributed by atoms with Gasteiger partial charge in [-0.05, 0) is 44.6 Å². The van der Waals surface area contributed by atoms with Crippen LogP contribution in [0, 0.1) is 5.92 Å². The van der Waals surface area contributed by atoms with Crippen molar-refractivity contribution < 1.29 is 5.11 Å². The lowest BCUT2D eigenvalue weighted by Gasteiger charge is -2.41. The molecule has 2 fully saturated rings. The molecule has 118 valence electrons. The maximum atomic E-state index is 8.94. The zero-order valence-electron chi connectivity index (χ0n) is 13.3. The zero-order valence-corrected chi connectivity index (χ0v) is 13.3. The van der Waals surface area contributed by atoms with E-state index in [0.29, 0.717) is 12.6 Å². The van der Waals surface area contributed by atoms with Gasteiger partial charge < -0.3 is 10.4 Å². The minimum atomic E-state index is 0.311. The lowest BCUT2D eigenvalue weighted by Crippen LogP contribution is -2.52. The van der Waals surface area contributed by atoms with Crippen LogP contribution in [0.15, 0.2) is 0 Å². The SMILES string of the molecule is CCCCC1CC(NCCCO)CN(C2CCCC2)C1. The molecule has 1 saturated carbocycles. The number of likely N-dealkylation sites (tertiary alicyclic amines) is 1. The molecule has 2 N–H and O–H groups in total. The van der Waals surface area contributed by atoms with Crippen molar-refractivity contribution in [3.8, 4) is 0 Å². The first-order valence-electron chi connectivity index (χ1n) is 8.91. The van der Waals surface area contributed by atoms with Crippen molar-refractivity contribution in [1.82, 2.24) is 10.2 Å². The Labute approximate surface area is 125 Å². The summed E-state index contributed by atoms with van der Waals surface area (Å²) in [7, 11) is 0. The molecule has 1 heterocycles. The quantitative estimate of drug-likeness (QED) is 0.672. The van der Waals surface area contributed by atoms with Crippen LogP contribution in [0.5, 0.6) is 0 Å². The first-order valence-corrected chi connectivity index (χ1v) is 8.91. The molecule has 1 aliphatic heterocycles. The van der Waals surface area contributed by atoms with Crippen molar-refractivity contribution in [1.29, 1.82) is 0 Å². The van der Waals surface area contributed by atoms with E-state index < -0.39 is 0 Å². The number of hydrogen-bond acceptors (Lipinski definition) is 3. The highest BCUT2D eigenvalue weighted by Crippen LogP contribution is 2.29. The second kappa shape index (κ2) is 9.01. The van der Waals surface area contributed by atoms with Crippen LogP contribution in [0.4, 0.5) is 0 Å². The van der Waals surface area contributed by atoms with Crippen LogP contribution < -0.4 is 5.32 Å². The molecule has 0 aromatic heterocycles. The van der Waals surface area contributed by atoms with E-state index in [2.05, 4.69) is 17.1 Å². The minimum absolute atomic E-state index is 0.311. The second-order valence-electron chi connectivity index (χ2n) is 6.86. The maximum absolute atomic E-state index is 8.94. The first-order chi connectivity index (χ1) is 9.83. The van der Waals surface area contributed by atoms with Crippen LogP contribution in [0.1, 0.15) is 64.7 Å². The Bertz CT molecular complexity index is 253. The molecule has 3 heteroatoms. The summed E-state index contributed by atoms with van der Waals surface area (Å²) in [6.07, 6.45) is 12.0. The molecule has 0 aromatic rings. The summed E-state index contributed by atoms with van der Waals surface area (Å²) < 4.78 is 0. The lowest BCUT2D eigenvalue weighted by molar-refractivity contribution is 0.0937. The Morgan fingerprint density at radius 1 is 1.15 bits per heavy atom. The molecule has 2 aliphatic rings. The Kier molecular flexibility index (Phi) is 7.32. The molecule has 1 aliphatic carbocycles. The second-order valence-corrected chi connectivity index (χ2v) is 6.86. The molecule has 20 heavy (non-hydrogen) atoms. The molecular weight excluding hydrogens is 248 g/mol. The number of aliphatic hydroxyl groups is 1. The predicted molar refractivity (Wildman–Crippen MR) is 85.0 cm³/mol. The highest BCUT2D eigenvalue weighted by Gasteiger charge is 2.31. The third-order valence-electron chi connectivity index (χ3n) is 5.14. The smallest absolute Gasteiger partial charge is 0.0443 e. The largest absolute Gasteiger partial charge is 0.396 e. The van der Waals surface area contributed by atoms with Crippen molar-refractivity contribution in [2.24, 2.45) is 5.92 Å². The van der Waals surface area contributed by atoms with Gasteiger partial charge in [0.15, 0.2) is 0 Å². The fourth-order valence-corrected chi connectivity index (χ4v) is 4.04. The van der Waals surface area contributed by atoms with Gasteiger partial charge in [0.1, 0.15) is 0 Å². The molecule has 0 spiro atoms. The fraction of sp³-hybridized carbons (Fsp3) is 1.00. The van der Waals surface area contributed by atoms with Crippen LogP contribution in [-0.4, -0.2) is 48.3 Å². The van der Waals surface area contributed by atoms with E-state index in [0.717, 1.165) is 24.9 Å². The van der Waals surface area contributed by atoms with Gasteiger partial charge in [-0.3, -0.25) is 4.90 Å².